The molecule has 2 rings (SSSR count). The molecule has 0 bridgehead atoms. The minimum atomic E-state index is -0.885. The van der Waals surface area contributed by atoms with Crippen LogP contribution >= 0.6 is 11.6 Å². The molecule has 0 aliphatic carbocycles. The van der Waals surface area contributed by atoms with Gasteiger partial charge in [0, 0.05) is 5.56 Å². The van der Waals surface area contributed by atoms with Gasteiger partial charge in [-0.3, -0.25) is 4.79 Å². The van der Waals surface area contributed by atoms with Gasteiger partial charge in [-0.25, -0.2) is 0 Å². The zero-order valence-electron chi connectivity index (χ0n) is 14.8. The van der Waals surface area contributed by atoms with Gasteiger partial charge < -0.3 is 9.84 Å². The highest BCUT2D eigenvalue weighted by Gasteiger charge is 2.11. The van der Waals surface area contributed by atoms with Crippen LogP contribution in [0, 0.1) is 6.92 Å². The molecule has 0 unspecified atom stereocenters. The number of hydrogen-bond acceptors (Lipinski definition) is 2. The third kappa shape index (κ3) is 6.09. The quantitative estimate of drug-likeness (QED) is 0.542. The highest BCUT2D eigenvalue weighted by atomic mass is 35.5. The average molecular weight is 361 g/mol. The van der Waals surface area contributed by atoms with E-state index >= 15 is 0 Å². The van der Waals surface area contributed by atoms with E-state index < -0.39 is 5.97 Å². The Morgan fingerprint density at radius 1 is 1.08 bits per heavy atom. The summed E-state index contributed by atoms with van der Waals surface area (Å²) < 4.78 is 5.90. The van der Waals surface area contributed by atoms with E-state index in [1.165, 1.54) is 24.8 Å². The van der Waals surface area contributed by atoms with Gasteiger partial charge in [0.25, 0.3) is 0 Å². The van der Waals surface area contributed by atoms with Crippen molar-refractivity contribution in [2.24, 2.45) is 0 Å². The number of carboxylic acid groups (broad SMARTS) is 1. The van der Waals surface area contributed by atoms with E-state index in [2.05, 4.69) is 6.92 Å². The molecule has 0 aliphatic rings. The lowest BCUT2D eigenvalue weighted by atomic mass is 10.1. The molecule has 4 heteroatoms. The molecule has 134 valence electrons. The fourth-order valence-electron chi connectivity index (χ4n) is 2.77. The molecular weight excluding hydrogens is 336 g/mol. The Balaban J connectivity index is 2.11. The summed E-state index contributed by atoms with van der Waals surface area (Å²) in [6.45, 7) is 4.13. The Kier molecular flexibility index (Phi) is 7.32. The summed E-state index contributed by atoms with van der Waals surface area (Å²) in [5.74, 6) is 0.198. The van der Waals surface area contributed by atoms with Gasteiger partial charge in [-0.1, -0.05) is 61.5 Å². The van der Waals surface area contributed by atoms with Gasteiger partial charge in [-0.05, 0) is 43.5 Å². The summed E-state index contributed by atoms with van der Waals surface area (Å²) in [5.41, 5.74) is 2.84. The number of carboxylic acids is 1. The lowest BCUT2D eigenvalue weighted by molar-refractivity contribution is -0.136. The van der Waals surface area contributed by atoms with Gasteiger partial charge in [0.15, 0.2) is 0 Å². The van der Waals surface area contributed by atoms with Crippen molar-refractivity contribution in [3.05, 3.63) is 58.1 Å². The van der Waals surface area contributed by atoms with Crippen LogP contribution < -0.4 is 4.74 Å². The Labute approximate surface area is 154 Å². The number of aryl methyl sites for hydroxylation is 2. The topological polar surface area (TPSA) is 46.5 Å². The van der Waals surface area contributed by atoms with E-state index in [9.17, 15) is 4.79 Å². The summed E-state index contributed by atoms with van der Waals surface area (Å²) in [7, 11) is 0. The normalized spacial score (nSPS) is 10.7. The molecule has 0 atom stereocenters. The second-order valence-corrected chi connectivity index (χ2v) is 6.77. The molecule has 0 radical (unpaired) electrons. The summed E-state index contributed by atoms with van der Waals surface area (Å²) in [6, 6.07) is 11.4. The average Bonchev–Trinajstić information content (AvgIpc) is 2.55. The van der Waals surface area contributed by atoms with E-state index in [4.69, 9.17) is 21.4 Å². The van der Waals surface area contributed by atoms with Gasteiger partial charge >= 0.3 is 5.97 Å². The summed E-state index contributed by atoms with van der Waals surface area (Å²) in [6.07, 6.45) is 5.80. The number of halogens is 1. The molecule has 1 N–H and O–H groups in total. The molecule has 0 aliphatic heterocycles. The third-order valence-corrected chi connectivity index (χ3v) is 4.39. The molecular formula is C21H25ClO3. The monoisotopic (exact) mass is 360 g/mol. The number of hydrogen-bond donors (Lipinski definition) is 1. The maximum atomic E-state index is 11.1. The van der Waals surface area contributed by atoms with Crippen molar-refractivity contribution >= 4 is 17.6 Å². The second-order valence-electron chi connectivity index (χ2n) is 6.36. The van der Waals surface area contributed by atoms with Crippen LogP contribution in [-0.4, -0.2) is 11.1 Å². The molecule has 3 nitrogen and oxygen atoms in total. The lowest BCUT2D eigenvalue weighted by Gasteiger charge is -2.13. The Morgan fingerprint density at radius 3 is 2.52 bits per heavy atom. The van der Waals surface area contributed by atoms with Crippen LogP contribution in [0.25, 0.3) is 0 Å². The Hall–Kier alpha value is -2.00. The smallest absolute Gasteiger partial charge is 0.307 e. The van der Waals surface area contributed by atoms with E-state index in [0.717, 1.165) is 18.4 Å². The first-order chi connectivity index (χ1) is 12.0. The fraction of sp³-hybridized carbons (Fsp3) is 0.381. The summed E-state index contributed by atoms with van der Waals surface area (Å²) in [5, 5.41) is 9.63. The van der Waals surface area contributed by atoms with Crippen LogP contribution in [0.5, 0.6) is 11.5 Å². The number of carbonyl (C=O) groups is 1. The highest BCUT2D eigenvalue weighted by Crippen LogP contribution is 2.33. The second kappa shape index (κ2) is 9.47. The Bertz CT molecular complexity index is 725. The molecule has 0 saturated heterocycles. The van der Waals surface area contributed by atoms with Gasteiger partial charge in [0.1, 0.15) is 11.5 Å². The van der Waals surface area contributed by atoms with Crippen molar-refractivity contribution in [2.45, 2.75) is 52.4 Å². The van der Waals surface area contributed by atoms with Crippen molar-refractivity contribution in [1.29, 1.82) is 0 Å². The zero-order chi connectivity index (χ0) is 18.2. The fourth-order valence-corrected chi connectivity index (χ4v) is 3.01. The number of unbranched alkanes of at least 4 members (excludes halogenated alkanes) is 3. The molecule has 25 heavy (non-hydrogen) atoms. The van der Waals surface area contributed by atoms with Crippen molar-refractivity contribution in [3.63, 3.8) is 0 Å². The Morgan fingerprint density at radius 2 is 1.84 bits per heavy atom. The first-order valence-corrected chi connectivity index (χ1v) is 9.15. The van der Waals surface area contributed by atoms with Crippen molar-refractivity contribution in [1.82, 2.24) is 0 Å². The number of aliphatic carboxylic acids is 1. The van der Waals surface area contributed by atoms with E-state index in [-0.39, 0.29) is 6.42 Å². The molecule has 2 aromatic carbocycles. The first kappa shape index (κ1) is 19.3. The van der Waals surface area contributed by atoms with Gasteiger partial charge in [0.05, 0.1) is 11.4 Å². The van der Waals surface area contributed by atoms with E-state index in [0.29, 0.717) is 22.1 Å². The van der Waals surface area contributed by atoms with Gasteiger partial charge in [-0.2, -0.15) is 0 Å². The van der Waals surface area contributed by atoms with Crippen molar-refractivity contribution in [3.8, 4) is 11.5 Å². The minimum absolute atomic E-state index is 0.0792. The van der Waals surface area contributed by atoms with E-state index in [1.54, 1.807) is 6.07 Å². The molecule has 0 saturated carbocycles. The maximum absolute atomic E-state index is 11.1. The SMILES string of the molecule is CCCCCCc1ccc(Oc2ccc(C)cc2CC(=O)O)c(Cl)c1. The molecule has 0 aromatic heterocycles. The van der Waals surface area contributed by atoms with E-state index in [1.807, 2.05) is 37.3 Å². The van der Waals surface area contributed by atoms with Crippen molar-refractivity contribution in [2.75, 3.05) is 0 Å². The van der Waals surface area contributed by atoms with Crippen LogP contribution in [0.3, 0.4) is 0 Å². The minimum Gasteiger partial charge on any atom is -0.481 e. The predicted octanol–water partition coefficient (Wildman–Crippen LogP) is 6.19. The van der Waals surface area contributed by atoms with Crippen LogP contribution in [0.4, 0.5) is 0 Å². The maximum Gasteiger partial charge on any atom is 0.307 e. The molecule has 0 amide bonds. The van der Waals surface area contributed by atoms with Crippen LogP contribution in [0.15, 0.2) is 36.4 Å². The predicted molar refractivity (Wildman–Crippen MR) is 102 cm³/mol. The molecule has 0 heterocycles. The lowest BCUT2D eigenvalue weighted by Crippen LogP contribution is -2.02. The number of rotatable bonds is 9. The zero-order valence-corrected chi connectivity index (χ0v) is 15.6. The van der Waals surface area contributed by atoms with Gasteiger partial charge in [0.2, 0.25) is 0 Å². The highest BCUT2D eigenvalue weighted by molar-refractivity contribution is 6.32. The summed E-state index contributed by atoms with van der Waals surface area (Å²) >= 11 is 6.37. The molecule has 0 spiro atoms. The number of ether oxygens (including phenoxy) is 1. The summed E-state index contributed by atoms with van der Waals surface area (Å²) in [4.78, 5) is 11.1. The molecule has 0 fully saturated rings. The van der Waals surface area contributed by atoms with Crippen LogP contribution in [-0.2, 0) is 17.6 Å². The molecule has 2 aromatic rings. The van der Waals surface area contributed by atoms with Crippen LogP contribution in [0.2, 0.25) is 5.02 Å². The van der Waals surface area contributed by atoms with Gasteiger partial charge in [-0.15, -0.1) is 0 Å². The van der Waals surface area contributed by atoms with Crippen molar-refractivity contribution < 1.29 is 14.6 Å². The largest absolute Gasteiger partial charge is 0.481 e. The third-order valence-electron chi connectivity index (χ3n) is 4.09. The first-order valence-electron chi connectivity index (χ1n) is 8.77. The number of benzene rings is 2. The van der Waals surface area contributed by atoms with Crippen LogP contribution in [0.1, 0.15) is 49.3 Å². The standard InChI is InChI=1S/C21H25ClO3/c1-3-4-5-6-7-16-9-11-20(18(22)13-16)25-19-10-8-15(2)12-17(19)14-21(23)24/h8-13H,3-7,14H2,1-2H3,(H,23,24).